The Balaban J connectivity index is 1.56. The van der Waals surface area contributed by atoms with Gasteiger partial charge < -0.3 is 15.6 Å². The molecule has 0 radical (unpaired) electrons. The molecule has 1 aromatic carbocycles. The third-order valence-electron chi connectivity index (χ3n) is 3.81. The molecule has 0 atom stereocenters. The second kappa shape index (κ2) is 7.17. The highest BCUT2D eigenvalue weighted by molar-refractivity contribution is 5.92. The molecule has 3 rings (SSSR count). The van der Waals surface area contributed by atoms with Crippen molar-refractivity contribution in [1.82, 2.24) is 15.3 Å². The van der Waals surface area contributed by atoms with Crippen LogP contribution in [-0.4, -0.2) is 28.5 Å². The Labute approximate surface area is 141 Å². The van der Waals surface area contributed by atoms with Crippen molar-refractivity contribution in [1.29, 1.82) is 0 Å². The predicted octanol–water partition coefficient (Wildman–Crippen LogP) is 3.36. The summed E-state index contributed by atoms with van der Waals surface area (Å²) in [6.07, 6.45) is 4.67. The standard InChI is InChI=1S/C19H22N4O/c1-13(2)23-19(24)18-8-7-15(12-22-18)20-10-9-14-11-21-17-6-4-3-5-16(14)17/h3-8,11-13,20-21H,9-10H2,1-2H3,(H,23,24). The van der Waals surface area contributed by atoms with Gasteiger partial charge in [0.05, 0.1) is 11.9 Å². The second-order valence-electron chi connectivity index (χ2n) is 6.10. The fourth-order valence-electron chi connectivity index (χ4n) is 2.65. The number of fused-ring (bicyclic) bond motifs is 1. The summed E-state index contributed by atoms with van der Waals surface area (Å²) in [5, 5.41) is 7.44. The molecular weight excluding hydrogens is 300 g/mol. The number of amides is 1. The summed E-state index contributed by atoms with van der Waals surface area (Å²) in [7, 11) is 0. The van der Waals surface area contributed by atoms with Crippen LogP contribution >= 0.6 is 0 Å². The molecule has 5 nitrogen and oxygen atoms in total. The first-order valence-corrected chi connectivity index (χ1v) is 8.19. The van der Waals surface area contributed by atoms with Crippen LogP contribution in [0.1, 0.15) is 29.9 Å². The zero-order chi connectivity index (χ0) is 16.9. The van der Waals surface area contributed by atoms with Crippen LogP contribution in [0.4, 0.5) is 5.69 Å². The van der Waals surface area contributed by atoms with E-state index in [2.05, 4.69) is 45.0 Å². The number of carbonyl (C=O) groups is 1. The van der Waals surface area contributed by atoms with Crippen LogP contribution in [0.3, 0.4) is 0 Å². The number of nitrogens with one attached hydrogen (secondary N) is 3. The molecular formula is C19H22N4O. The van der Waals surface area contributed by atoms with Crippen molar-refractivity contribution >= 4 is 22.5 Å². The van der Waals surface area contributed by atoms with Gasteiger partial charge in [-0.15, -0.1) is 0 Å². The Morgan fingerprint density at radius 3 is 2.79 bits per heavy atom. The highest BCUT2D eigenvalue weighted by atomic mass is 16.1. The van der Waals surface area contributed by atoms with Crippen LogP contribution in [0.5, 0.6) is 0 Å². The average Bonchev–Trinajstić information content (AvgIpc) is 2.98. The van der Waals surface area contributed by atoms with Gasteiger partial charge in [-0.05, 0) is 44.0 Å². The van der Waals surface area contributed by atoms with Gasteiger partial charge in [0.15, 0.2) is 0 Å². The van der Waals surface area contributed by atoms with Gasteiger partial charge in [0.25, 0.3) is 5.91 Å². The van der Waals surface area contributed by atoms with Crippen molar-refractivity contribution in [3.63, 3.8) is 0 Å². The number of pyridine rings is 1. The number of rotatable bonds is 6. The lowest BCUT2D eigenvalue weighted by atomic mass is 10.1. The van der Waals surface area contributed by atoms with E-state index in [1.807, 2.05) is 26.0 Å². The molecule has 0 unspecified atom stereocenters. The Bertz CT molecular complexity index is 821. The van der Waals surface area contributed by atoms with Crippen LogP contribution in [0.25, 0.3) is 10.9 Å². The van der Waals surface area contributed by atoms with Gasteiger partial charge in [0.1, 0.15) is 5.69 Å². The van der Waals surface area contributed by atoms with Crippen LogP contribution in [0.15, 0.2) is 48.8 Å². The van der Waals surface area contributed by atoms with Crippen molar-refractivity contribution < 1.29 is 4.79 Å². The van der Waals surface area contributed by atoms with Crippen molar-refractivity contribution in [2.24, 2.45) is 0 Å². The van der Waals surface area contributed by atoms with Gasteiger partial charge in [-0.2, -0.15) is 0 Å². The first-order valence-electron chi connectivity index (χ1n) is 8.19. The highest BCUT2D eigenvalue weighted by Gasteiger charge is 2.08. The number of nitrogens with zero attached hydrogens (tertiary/aromatic N) is 1. The van der Waals surface area contributed by atoms with Crippen LogP contribution in [-0.2, 0) is 6.42 Å². The molecule has 0 bridgehead atoms. The zero-order valence-corrected chi connectivity index (χ0v) is 14.0. The fourth-order valence-corrected chi connectivity index (χ4v) is 2.65. The minimum Gasteiger partial charge on any atom is -0.383 e. The molecule has 0 spiro atoms. The van der Waals surface area contributed by atoms with Gasteiger partial charge in [-0.25, -0.2) is 4.98 Å². The van der Waals surface area contributed by atoms with Crippen LogP contribution in [0, 0.1) is 0 Å². The highest BCUT2D eigenvalue weighted by Crippen LogP contribution is 2.18. The maximum Gasteiger partial charge on any atom is 0.270 e. The van der Waals surface area contributed by atoms with Crippen molar-refractivity contribution in [3.8, 4) is 0 Å². The first kappa shape index (κ1) is 16.1. The predicted molar refractivity (Wildman–Crippen MR) is 97.3 cm³/mol. The number of hydrogen-bond acceptors (Lipinski definition) is 3. The van der Waals surface area contributed by atoms with E-state index in [1.165, 1.54) is 10.9 Å². The maximum atomic E-state index is 11.9. The Morgan fingerprint density at radius 1 is 1.21 bits per heavy atom. The lowest BCUT2D eigenvalue weighted by Gasteiger charge is -2.09. The molecule has 0 aliphatic heterocycles. The molecule has 0 saturated carbocycles. The number of aromatic nitrogens is 2. The van der Waals surface area contributed by atoms with Crippen molar-refractivity contribution in [2.45, 2.75) is 26.3 Å². The van der Waals surface area contributed by atoms with Crippen LogP contribution < -0.4 is 10.6 Å². The van der Waals surface area contributed by atoms with Gasteiger partial charge >= 0.3 is 0 Å². The number of hydrogen-bond donors (Lipinski definition) is 3. The van der Waals surface area contributed by atoms with E-state index in [9.17, 15) is 4.79 Å². The molecule has 5 heteroatoms. The summed E-state index contributed by atoms with van der Waals surface area (Å²) in [4.78, 5) is 19.4. The molecule has 3 N–H and O–H groups in total. The van der Waals surface area contributed by atoms with E-state index in [-0.39, 0.29) is 11.9 Å². The molecule has 124 valence electrons. The third kappa shape index (κ3) is 3.74. The van der Waals surface area contributed by atoms with E-state index in [4.69, 9.17) is 0 Å². The number of benzene rings is 1. The Hall–Kier alpha value is -2.82. The summed E-state index contributed by atoms with van der Waals surface area (Å²) >= 11 is 0. The summed E-state index contributed by atoms with van der Waals surface area (Å²) in [6.45, 7) is 4.66. The molecule has 3 aromatic rings. The third-order valence-corrected chi connectivity index (χ3v) is 3.81. The lowest BCUT2D eigenvalue weighted by molar-refractivity contribution is 0.0938. The average molecular weight is 322 g/mol. The van der Waals surface area contributed by atoms with E-state index < -0.39 is 0 Å². The monoisotopic (exact) mass is 322 g/mol. The molecule has 2 heterocycles. The molecule has 2 aromatic heterocycles. The van der Waals surface area contributed by atoms with E-state index in [0.717, 1.165) is 24.2 Å². The van der Waals surface area contributed by atoms with Gasteiger partial charge in [-0.3, -0.25) is 4.79 Å². The van der Waals surface area contributed by atoms with Crippen molar-refractivity contribution in [3.05, 3.63) is 60.0 Å². The van der Waals surface area contributed by atoms with Gasteiger partial charge in [-0.1, -0.05) is 18.2 Å². The fraction of sp³-hybridized carbons (Fsp3) is 0.263. The Kier molecular flexibility index (Phi) is 4.79. The quantitative estimate of drug-likeness (QED) is 0.652. The summed E-state index contributed by atoms with van der Waals surface area (Å²) in [5.74, 6) is -0.143. The molecule has 0 aliphatic rings. The number of anilines is 1. The van der Waals surface area contributed by atoms with Gasteiger partial charge in [0.2, 0.25) is 0 Å². The zero-order valence-electron chi connectivity index (χ0n) is 14.0. The summed E-state index contributed by atoms with van der Waals surface area (Å²) in [5.41, 5.74) is 3.80. The molecule has 1 amide bonds. The summed E-state index contributed by atoms with van der Waals surface area (Å²) in [6, 6.07) is 12.0. The molecule has 24 heavy (non-hydrogen) atoms. The van der Waals surface area contributed by atoms with Crippen molar-refractivity contribution in [2.75, 3.05) is 11.9 Å². The second-order valence-corrected chi connectivity index (χ2v) is 6.10. The maximum absolute atomic E-state index is 11.9. The number of para-hydroxylation sites is 1. The normalized spacial score (nSPS) is 11.0. The first-order chi connectivity index (χ1) is 11.6. The number of H-pyrrole nitrogens is 1. The summed E-state index contributed by atoms with van der Waals surface area (Å²) < 4.78 is 0. The number of aromatic amines is 1. The molecule has 0 fully saturated rings. The minimum absolute atomic E-state index is 0.105. The van der Waals surface area contributed by atoms with E-state index in [1.54, 1.807) is 12.3 Å². The lowest BCUT2D eigenvalue weighted by Crippen LogP contribution is -2.30. The van der Waals surface area contributed by atoms with E-state index >= 15 is 0 Å². The molecule has 0 aliphatic carbocycles. The smallest absolute Gasteiger partial charge is 0.270 e. The van der Waals surface area contributed by atoms with Gasteiger partial charge in [0, 0.05) is 29.7 Å². The Morgan fingerprint density at radius 2 is 2.04 bits per heavy atom. The van der Waals surface area contributed by atoms with Crippen LogP contribution in [0.2, 0.25) is 0 Å². The largest absolute Gasteiger partial charge is 0.383 e. The topological polar surface area (TPSA) is 69.8 Å². The minimum atomic E-state index is -0.143. The van der Waals surface area contributed by atoms with E-state index in [0.29, 0.717) is 5.69 Å². The SMILES string of the molecule is CC(C)NC(=O)c1ccc(NCCc2c[nH]c3ccccc23)cn1. The molecule has 0 saturated heterocycles. The number of carbonyl (C=O) groups excluding carboxylic acids is 1.